The van der Waals surface area contributed by atoms with Crippen molar-refractivity contribution in [3.63, 3.8) is 0 Å². The Morgan fingerprint density at radius 2 is 2.30 bits per heavy atom. The van der Waals surface area contributed by atoms with Gasteiger partial charge in [-0.3, -0.25) is 14.6 Å². The Morgan fingerprint density at radius 1 is 1.45 bits per heavy atom. The highest BCUT2D eigenvalue weighted by Crippen LogP contribution is 2.20. The molecule has 3 heterocycles. The lowest BCUT2D eigenvalue weighted by molar-refractivity contribution is -0.143. The highest BCUT2D eigenvalue weighted by Gasteiger charge is 2.36. The van der Waals surface area contributed by atoms with Crippen molar-refractivity contribution in [2.75, 3.05) is 26.2 Å². The number of imidazole rings is 1. The lowest BCUT2D eigenvalue weighted by atomic mass is 10.1. The molecule has 2 atom stereocenters. The molecule has 2 aliphatic heterocycles. The summed E-state index contributed by atoms with van der Waals surface area (Å²) in [5.74, 6) is 1.04. The molecule has 0 saturated carbocycles. The topological polar surface area (TPSA) is 50.6 Å². The zero-order valence-electron chi connectivity index (χ0n) is 12.2. The van der Waals surface area contributed by atoms with E-state index in [-0.39, 0.29) is 12.0 Å². The van der Waals surface area contributed by atoms with Crippen LogP contribution in [0.5, 0.6) is 0 Å². The Balaban J connectivity index is 1.59. The van der Waals surface area contributed by atoms with E-state index in [1.165, 1.54) is 0 Å². The van der Waals surface area contributed by atoms with Crippen LogP contribution in [-0.2, 0) is 23.1 Å². The Morgan fingerprint density at radius 3 is 2.90 bits per heavy atom. The zero-order chi connectivity index (χ0) is 14.1. The normalized spacial score (nSPS) is 28.8. The minimum atomic E-state index is -0.0465. The summed E-state index contributed by atoms with van der Waals surface area (Å²) in [6.07, 6.45) is 4.65. The van der Waals surface area contributed by atoms with Crippen LogP contribution in [0.3, 0.4) is 0 Å². The van der Waals surface area contributed by atoms with Crippen LogP contribution >= 0.6 is 0 Å². The van der Waals surface area contributed by atoms with Gasteiger partial charge in [0.1, 0.15) is 11.9 Å². The molecule has 0 radical (unpaired) electrons. The first-order valence-electron chi connectivity index (χ1n) is 7.26. The van der Waals surface area contributed by atoms with Crippen LogP contribution in [0.15, 0.2) is 12.4 Å². The highest BCUT2D eigenvalue weighted by molar-refractivity contribution is 5.77. The first-order chi connectivity index (χ1) is 9.65. The molecule has 0 bridgehead atoms. The van der Waals surface area contributed by atoms with E-state index in [1.54, 1.807) is 0 Å². The molecular weight excluding hydrogens is 256 g/mol. The second-order valence-corrected chi connectivity index (χ2v) is 5.74. The monoisotopic (exact) mass is 278 g/mol. The first-order valence-corrected chi connectivity index (χ1v) is 7.26. The van der Waals surface area contributed by atoms with Gasteiger partial charge in [0.2, 0.25) is 0 Å². The van der Waals surface area contributed by atoms with Crippen LogP contribution in [-0.4, -0.2) is 63.6 Å². The SMILES string of the molecule is CC1CN(C2CCOC2=O)CCN1Cc1nccn1C. The van der Waals surface area contributed by atoms with E-state index < -0.39 is 0 Å². The van der Waals surface area contributed by atoms with E-state index in [9.17, 15) is 4.79 Å². The van der Waals surface area contributed by atoms with Crippen molar-refractivity contribution in [2.24, 2.45) is 7.05 Å². The number of aromatic nitrogens is 2. The molecule has 0 aliphatic carbocycles. The molecule has 0 spiro atoms. The lowest BCUT2D eigenvalue weighted by Gasteiger charge is -2.41. The molecule has 0 aromatic carbocycles. The average molecular weight is 278 g/mol. The van der Waals surface area contributed by atoms with Crippen molar-refractivity contribution < 1.29 is 9.53 Å². The first kappa shape index (κ1) is 13.6. The second-order valence-electron chi connectivity index (χ2n) is 5.74. The molecule has 2 saturated heterocycles. The molecule has 1 aromatic heterocycles. The summed E-state index contributed by atoms with van der Waals surface area (Å²) in [5.41, 5.74) is 0. The third-order valence-electron chi connectivity index (χ3n) is 4.41. The Labute approximate surface area is 119 Å². The number of hydrogen-bond acceptors (Lipinski definition) is 5. The fraction of sp³-hybridized carbons (Fsp3) is 0.714. The summed E-state index contributed by atoms with van der Waals surface area (Å²) in [6, 6.07) is 0.404. The van der Waals surface area contributed by atoms with Gasteiger partial charge in [-0.1, -0.05) is 0 Å². The van der Waals surface area contributed by atoms with Crippen molar-refractivity contribution in [3.8, 4) is 0 Å². The number of rotatable bonds is 3. The quantitative estimate of drug-likeness (QED) is 0.742. The maximum absolute atomic E-state index is 11.7. The van der Waals surface area contributed by atoms with Crippen LogP contribution in [0.2, 0.25) is 0 Å². The largest absolute Gasteiger partial charge is 0.464 e. The third kappa shape index (κ3) is 2.58. The van der Waals surface area contributed by atoms with Crippen molar-refractivity contribution in [3.05, 3.63) is 18.2 Å². The molecule has 110 valence electrons. The molecule has 2 aliphatic rings. The minimum absolute atomic E-state index is 0.0206. The van der Waals surface area contributed by atoms with Crippen LogP contribution in [0.25, 0.3) is 0 Å². The zero-order valence-corrected chi connectivity index (χ0v) is 12.2. The number of piperazine rings is 1. The highest BCUT2D eigenvalue weighted by atomic mass is 16.5. The number of carbonyl (C=O) groups excluding carboxylic acids is 1. The van der Waals surface area contributed by atoms with Crippen molar-refractivity contribution in [1.82, 2.24) is 19.4 Å². The summed E-state index contributed by atoms with van der Waals surface area (Å²) < 4.78 is 7.14. The summed E-state index contributed by atoms with van der Waals surface area (Å²) >= 11 is 0. The average Bonchev–Trinajstić information content (AvgIpc) is 3.01. The van der Waals surface area contributed by atoms with Crippen LogP contribution in [0, 0.1) is 0 Å². The number of esters is 1. The maximum Gasteiger partial charge on any atom is 0.323 e. The van der Waals surface area contributed by atoms with E-state index in [1.807, 2.05) is 19.4 Å². The lowest BCUT2D eigenvalue weighted by Crippen LogP contribution is -2.55. The van der Waals surface area contributed by atoms with Gasteiger partial charge in [0.25, 0.3) is 0 Å². The Hall–Kier alpha value is -1.40. The molecule has 6 nitrogen and oxygen atoms in total. The molecule has 0 amide bonds. The maximum atomic E-state index is 11.7. The third-order valence-corrected chi connectivity index (χ3v) is 4.41. The molecule has 2 fully saturated rings. The number of cyclic esters (lactones) is 1. The Bertz CT molecular complexity index is 487. The van der Waals surface area contributed by atoms with E-state index in [0.29, 0.717) is 12.6 Å². The summed E-state index contributed by atoms with van der Waals surface area (Å²) in [6.45, 7) is 6.48. The van der Waals surface area contributed by atoms with Gasteiger partial charge < -0.3 is 9.30 Å². The smallest absolute Gasteiger partial charge is 0.323 e. The van der Waals surface area contributed by atoms with E-state index in [4.69, 9.17) is 4.74 Å². The standard InChI is InChI=1S/C14H22N4O2/c1-11-9-18(12-3-8-20-14(12)19)7-6-17(11)10-13-15-4-5-16(13)2/h4-5,11-12H,3,6-10H2,1-2H3. The predicted molar refractivity (Wildman–Crippen MR) is 74.0 cm³/mol. The molecular formula is C14H22N4O2. The van der Waals surface area contributed by atoms with E-state index in [2.05, 4.69) is 26.3 Å². The number of hydrogen-bond donors (Lipinski definition) is 0. The summed E-state index contributed by atoms with van der Waals surface area (Å²) in [7, 11) is 2.03. The molecule has 3 rings (SSSR count). The van der Waals surface area contributed by atoms with Gasteiger partial charge in [-0.05, 0) is 6.92 Å². The predicted octanol–water partition coefficient (Wildman–Crippen LogP) is 0.242. The summed E-state index contributed by atoms with van der Waals surface area (Å²) in [5, 5.41) is 0. The van der Waals surface area contributed by atoms with Crippen molar-refractivity contribution >= 4 is 5.97 Å². The molecule has 0 N–H and O–H groups in total. The minimum Gasteiger partial charge on any atom is -0.464 e. The van der Waals surface area contributed by atoms with Crippen molar-refractivity contribution in [1.29, 1.82) is 0 Å². The van der Waals surface area contributed by atoms with Gasteiger partial charge in [0, 0.05) is 51.5 Å². The number of nitrogens with zero attached hydrogens (tertiary/aromatic N) is 4. The number of carbonyl (C=O) groups is 1. The molecule has 1 aromatic rings. The van der Waals surface area contributed by atoms with Crippen molar-refractivity contribution in [2.45, 2.75) is 32.0 Å². The second kappa shape index (κ2) is 5.54. The Kier molecular flexibility index (Phi) is 3.76. The van der Waals surface area contributed by atoms with Gasteiger partial charge >= 0.3 is 5.97 Å². The molecule has 2 unspecified atom stereocenters. The molecule has 6 heteroatoms. The van der Waals surface area contributed by atoms with Crippen LogP contribution in [0.4, 0.5) is 0 Å². The van der Waals surface area contributed by atoms with E-state index in [0.717, 1.165) is 38.4 Å². The number of ether oxygens (including phenoxy) is 1. The van der Waals surface area contributed by atoms with Gasteiger partial charge in [0.05, 0.1) is 13.2 Å². The van der Waals surface area contributed by atoms with Crippen LogP contribution < -0.4 is 0 Å². The number of aryl methyl sites for hydroxylation is 1. The van der Waals surface area contributed by atoms with Gasteiger partial charge in [-0.25, -0.2) is 4.98 Å². The summed E-state index contributed by atoms with van der Waals surface area (Å²) in [4.78, 5) is 20.8. The fourth-order valence-corrected chi connectivity index (χ4v) is 3.09. The molecule has 20 heavy (non-hydrogen) atoms. The van der Waals surface area contributed by atoms with Gasteiger partial charge in [-0.15, -0.1) is 0 Å². The fourth-order valence-electron chi connectivity index (χ4n) is 3.09. The van der Waals surface area contributed by atoms with Gasteiger partial charge in [-0.2, -0.15) is 0 Å². The van der Waals surface area contributed by atoms with Gasteiger partial charge in [0.15, 0.2) is 0 Å². The van der Waals surface area contributed by atoms with E-state index >= 15 is 0 Å². The van der Waals surface area contributed by atoms with Crippen LogP contribution in [0.1, 0.15) is 19.2 Å².